The Hall–Kier alpha value is -2.26. The summed E-state index contributed by atoms with van der Waals surface area (Å²) >= 11 is 1.15. The highest BCUT2D eigenvalue weighted by Crippen LogP contribution is 2.22. The van der Waals surface area contributed by atoms with Gasteiger partial charge in [0.15, 0.2) is 5.13 Å². The highest BCUT2D eigenvalue weighted by Gasteiger charge is 2.35. The van der Waals surface area contributed by atoms with Crippen molar-refractivity contribution in [3.05, 3.63) is 47.0 Å². The largest absolute Gasteiger partial charge is 0.273 e. The number of benzene rings is 1. The van der Waals surface area contributed by atoms with Gasteiger partial charge in [-0.1, -0.05) is 12.1 Å². The van der Waals surface area contributed by atoms with E-state index in [0.717, 1.165) is 16.2 Å². The molecule has 1 aromatic carbocycles. The lowest BCUT2D eigenvalue weighted by molar-refractivity contribution is 0.0664. The molecule has 0 bridgehead atoms. The molecule has 0 aliphatic carbocycles. The second kappa shape index (κ2) is 5.50. The fourth-order valence-corrected chi connectivity index (χ4v) is 3.90. The van der Waals surface area contributed by atoms with Gasteiger partial charge in [0.2, 0.25) is 10.0 Å². The van der Waals surface area contributed by atoms with Crippen molar-refractivity contribution >= 4 is 38.3 Å². The predicted octanol–water partition coefficient (Wildman–Crippen LogP) is 1.18. The predicted molar refractivity (Wildman–Crippen MR) is 81.3 cm³/mol. The first-order valence-corrected chi connectivity index (χ1v) is 8.86. The SMILES string of the molecule is O=C1c2ccccc2C(=O)N1CCS(=O)(=O)Nc1nccs1. The Bertz CT molecular complexity index is 796. The topological polar surface area (TPSA) is 96.4 Å². The van der Waals surface area contributed by atoms with E-state index in [0.29, 0.717) is 11.1 Å². The molecule has 2 aromatic rings. The molecular weight excluding hydrogens is 326 g/mol. The fourth-order valence-electron chi connectivity index (χ4n) is 2.11. The van der Waals surface area contributed by atoms with Crippen LogP contribution >= 0.6 is 11.3 Å². The van der Waals surface area contributed by atoms with Crippen LogP contribution in [0.1, 0.15) is 20.7 Å². The van der Waals surface area contributed by atoms with Crippen molar-refractivity contribution in [2.45, 2.75) is 0 Å². The van der Waals surface area contributed by atoms with Crippen molar-refractivity contribution in [2.75, 3.05) is 17.0 Å². The number of hydrogen-bond donors (Lipinski definition) is 1. The van der Waals surface area contributed by atoms with Crippen LogP contribution in [0.15, 0.2) is 35.8 Å². The maximum atomic E-state index is 12.1. The molecule has 7 nitrogen and oxygen atoms in total. The Morgan fingerprint density at radius 2 is 1.77 bits per heavy atom. The van der Waals surface area contributed by atoms with Crippen LogP contribution in [0, 0.1) is 0 Å². The van der Waals surface area contributed by atoms with Crippen LogP contribution in [-0.4, -0.2) is 42.4 Å². The standard InChI is InChI=1S/C13H11N3O4S2/c17-11-9-3-1-2-4-10(9)12(18)16(11)6-8-22(19,20)15-13-14-5-7-21-13/h1-5,7H,6,8H2,(H,14,15). The van der Waals surface area contributed by atoms with E-state index in [1.54, 1.807) is 29.6 Å². The summed E-state index contributed by atoms with van der Waals surface area (Å²) in [6.45, 7) is -0.201. The van der Waals surface area contributed by atoms with Crippen LogP contribution in [0.4, 0.5) is 5.13 Å². The normalized spacial score (nSPS) is 14.3. The minimum Gasteiger partial charge on any atom is -0.273 e. The monoisotopic (exact) mass is 337 g/mol. The van der Waals surface area contributed by atoms with Crippen molar-refractivity contribution in [1.29, 1.82) is 0 Å². The molecule has 1 aliphatic heterocycles. The first-order valence-electron chi connectivity index (χ1n) is 6.33. The van der Waals surface area contributed by atoms with Gasteiger partial charge in [-0.2, -0.15) is 0 Å². The van der Waals surface area contributed by atoms with E-state index in [4.69, 9.17) is 0 Å². The molecule has 0 radical (unpaired) electrons. The zero-order valence-corrected chi connectivity index (χ0v) is 12.9. The van der Waals surface area contributed by atoms with Crippen molar-refractivity contribution in [1.82, 2.24) is 9.88 Å². The second-order valence-corrected chi connectivity index (χ2v) is 7.30. The Morgan fingerprint density at radius 3 is 2.32 bits per heavy atom. The summed E-state index contributed by atoms with van der Waals surface area (Å²) in [4.78, 5) is 29.0. The van der Waals surface area contributed by atoms with Gasteiger partial charge in [-0.05, 0) is 12.1 Å². The number of aromatic nitrogens is 1. The molecule has 1 aromatic heterocycles. The fraction of sp³-hybridized carbons (Fsp3) is 0.154. The van der Waals surface area contributed by atoms with Gasteiger partial charge >= 0.3 is 0 Å². The number of rotatable bonds is 5. The summed E-state index contributed by atoms with van der Waals surface area (Å²) < 4.78 is 26.2. The van der Waals surface area contributed by atoms with E-state index in [2.05, 4.69) is 9.71 Å². The number of thiazole rings is 1. The zero-order valence-electron chi connectivity index (χ0n) is 11.2. The quantitative estimate of drug-likeness (QED) is 0.827. The number of nitrogens with zero attached hydrogens (tertiary/aromatic N) is 2. The van der Waals surface area contributed by atoms with Crippen molar-refractivity contribution in [3.8, 4) is 0 Å². The number of carbonyl (C=O) groups excluding carboxylic acids is 2. The van der Waals surface area contributed by atoms with Gasteiger partial charge in [0.25, 0.3) is 11.8 Å². The molecule has 2 amide bonds. The molecule has 0 atom stereocenters. The molecule has 22 heavy (non-hydrogen) atoms. The van der Waals surface area contributed by atoms with Gasteiger partial charge in [-0.3, -0.25) is 19.2 Å². The molecule has 0 spiro atoms. The third-order valence-corrected chi connectivity index (χ3v) is 5.18. The lowest BCUT2D eigenvalue weighted by atomic mass is 10.1. The van der Waals surface area contributed by atoms with Crippen molar-refractivity contribution in [3.63, 3.8) is 0 Å². The van der Waals surface area contributed by atoms with Gasteiger partial charge in [0.1, 0.15) is 0 Å². The summed E-state index contributed by atoms with van der Waals surface area (Å²) in [6.07, 6.45) is 1.48. The number of nitrogens with one attached hydrogen (secondary N) is 1. The van der Waals surface area contributed by atoms with E-state index in [-0.39, 0.29) is 17.4 Å². The van der Waals surface area contributed by atoms with Crippen molar-refractivity contribution in [2.24, 2.45) is 0 Å². The Morgan fingerprint density at radius 1 is 1.14 bits per heavy atom. The molecule has 0 unspecified atom stereocenters. The van der Waals surface area contributed by atoms with Crippen molar-refractivity contribution < 1.29 is 18.0 Å². The molecule has 3 rings (SSSR count). The zero-order chi connectivity index (χ0) is 15.7. The molecule has 1 N–H and O–H groups in total. The van der Waals surface area contributed by atoms with Gasteiger partial charge in [-0.15, -0.1) is 11.3 Å². The van der Waals surface area contributed by atoms with E-state index in [9.17, 15) is 18.0 Å². The van der Waals surface area contributed by atoms with E-state index < -0.39 is 21.8 Å². The number of imide groups is 1. The molecule has 2 heterocycles. The van der Waals surface area contributed by atoms with Crippen LogP contribution in [0.5, 0.6) is 0 Å². The summed E-state index contributed by atoms with van der Waals surface area (Å²) in [5, 5.41) is 1.89. The average Bonchev–Trinajstić information content (AvgIpc) is 3.06. The summed E-state index contributed by atoms with van der Waals surface area (Å²) in [6, 6.07) is 6.43. The Kier molecular flexibility index (Phi) is 3.67. The molecule has 0 saturated carbocycles. The smallest absolute Gasteiger partial charge is 0.261 e. The van der Waals surface area contributed by atoms with Gasteiger partial charge in [0, 0.05) is 18.1 Å². The van der Waals surface area contributed by atoms with Crippen LogP contribution in [0.3, 0.4) is 0 Å². The Labute approximate surface area is 130 Å². The van der Waals surface area contributed by atoms with E-state index in [1.807, 2.05) is 0 Å². The highest BCUT2D eigenvalue weighted by atomic mass is 32.2. The number of fused-ring (bicyclic) bond motifs is 1. The maximum Gasteiger partial charge on any atom is 0.261 e. The van der Waals surface area contributed by atoms with Crippen LogP contribution in [0.2, 0.25) is 0 Å². The minimum absolute atomic E-state index is 0.201. The first kappa shape index (κ1) is 14.7. The first-order chi connectivity index (χ1) is 10.5. The van der Waals surface area contributed by atoms with Gasteiger partial charge < -0.3 is 0 Å². The highest BCUT2D eigenvalue weighted by molar-refractivity contribution is 7.92. The number of amides is 2. The molecule has 114 valence electrons. The molecule has 1 aliphatic rings. The van der Waals surface area contributed by atoms with Crippen LogP contribution < -0.4 is 4.72 Å². The third kappa shape index (κ3) is 2.72. The van der Waals surface area contributed by atoms with Gasteiger partial charge in [-0.25, -0.2) is 13.4 Å². The number of carbonyl (C=O) groups is 2. The number of anilines is 1. The van der Waals surface area contributed by atoms with Crippen LogP contribution in [0.25, 0.3) is 0 Å². The summed E-state index contributed by atoms with van der Waals surface area (Å²) in [5.74, 6) is -1.31. The second-order valence-electron chi connectivity index (χ2n) is 4.57. The third-order valence-electron chi connectivity index (χ3n) is 3.14. The Balaban J connectivity index is 1.70. The minimum atomic E-state index is -3.67. The maximum absolute atomic E-state index is 12.1. The van der Waals surface area contributed by atoms with E-state index in [1.165, 1.54) is 6.20 Å². The molecule has 0 fully saturated rings. The van der Waals surface area contributed by atoms with Gasteiger partial charge in [0.05, 0.1) is 16.9 Å². The van der Waals surface area contributed by atoms with Crippen LogP contribution in [-0.2, 0) is 10.0 Å². The molecule has 9 heteroatoms. The summed E-state index contributed by atoms with van der Waals surface area (Å²) in [5.41, 5.74) is 0.607. The lowest BCUT2D eigenvalue weighted by Gasteiger charge is -2.13. The molecular formula is C13H11N3O4S2. The number of sulfonamides is 1. The molecule has 0 saturated heterocycles. The van der Waals surface area contributed by atoms with E-state index >= 15 is 0 Å². The summed E-state index contributed by atoms with van der Waals surface area (Å²) in [7, 11) is -3.67. The average molecular weight is 337 g/mol. The number of hydrogen-bond acceptors (Lipinski definition) is 6. The lowest BCUT2D eigenvalue weighted by Crippen LogP contribution is -2.35.